The summed E-state index contributed by atoms with van der Waals surface area (Å²) < 4.78 is 15.7. The lowest BCUT2D eigenvalue weighted by atomic mass is 10.1. The van der Waals surface area contributed by atoms with Crippen LogP contribution < -0.4 is 5.73 Å². The first-order valence-corrected chi connectivity index (χ1v) is 6.31. The van der Waals surface area contributed by atoms with Crippen LogP contribution in [0.1, 0.15) is 26.2 Å². The zero-order valence-electron chi connectivity index (χ0n) is 11.1. The molecule has 0 fully saturated rings. The van der Waals surface area contributed by atoms with E-state index in [1.807, 2.05) is 0 Å². The van der Waals surface area contributed by atoms with Gasteiger partial charge in [0.1, 0.15) is 0 Å². The highest BCUT2D eigenvalue weighted by molar-refractivity contribution is 4.71. The van der Waals surface area contributed by atoms with Crippen molar-refractivity contribution < 1.29 is 19.3 Å². The van der Waals surface area contributed by atoms with Crippen molar-refractivity contribution in [1.82, 2.24) is 0 Å². The Hall–Kier alpha value is -0.200. The molecule has 5 heteroatoms. The van der Waals surface area contributed by atoms with Crippen LogP contribution in [0.3, 0.4) is 0 Å². The molecule has 0 aromatic rings. The summed E-state index contributed by atoms with van der Waals surface area (Å²) in [5, 5.41) is 9.13. The van der Waals surface area contributed by atoms with E-state index in [0.717, 1.165) is 19.3 Å². The molecule has 0 saturated carbocycles. The van der Waals surface area contributed by atoms with Gasteiger partial charge in [-0.2, -0.15) is 0 Å². The first kappa shape index (κ1) is 16.8. The second-order valence-electron chi connectivity index (χ2n) is 4.00. The standard InChI is InChI=1S/C12H27NO4/c1-3-5-11(13)12(10-14)17-9-8-16-7-4-6-15-2/h11-12,14H,3-10,13H2,1-2H3. The third kappa shape index (κ3) is 9.50. The van der Waals surface area contributed by atoms with Gasteiger partial charge in [-0.25, -0.2) is 0 Å². The van der Waals surface area contributed by atoms with Gasteiger partial charge < -0.3 is 25.1 Å². The van der Waals surface area contributed by atoms with Gasteiger partial charge in [0.25, 0.3) is 0 Å². The van der Waals surface area contributed by atoms with E-state index in [1.165, 1.54) is 0 Å². The normalized spacial score (nSPS) is 14.8. The summed E-state index contributed by atoms with van der Waals surface area (Å²) in [6.07, 6.45) is 2.46. The fraction of sp³-hybridized carbons (Fsp3) is 1.00. The molecular weight excluding hydrogens is 222 g/mol. The van der Waals surface area contributed by atoms with Crippen molar-refractivity contribution in [2.45, 2.75) is 38.3 Å². The lowest BCUT2D eigenvalue weighted by Gasteiger charge is -2.21. The van der Waals surface area contributed by atoms with Crippen molar-refractivity contribution in [2.75, 3.05) is 40.1 Å². The molecule has 0 saturated heterocycles. The average Bonchev–Trinajstić information content (AvgIpc) is 2.33. The van der Waals surface area contributed by atoms with E-state index in [9.17, 15) is 0 Å². The van der Waals surface area contributed by atoms with Crippen molar-refractivity contribution in [2.24, 2.45) is 5.73 Å². The van der Waals surface area contributed by atoms with Crippen LogP contribution in [0, 0.1) is 0 Å². The highest BCUT2D eigenvalue weighted by atomic mass is 16.5. The van der Waals surface area contributed by atoms with E-state index >= 15 is 0 Å². The summed E-state index contributed by atoms with van der Waals surface area (Å²) >= 11 is 0. The molecule has 0 spiro atoms. The molecule has 0 aromatic carbocycles. The molecule has 104 valence electrons. The van der Waals surface area contributed by atoms with Gasteiger partial charge in [0.2, 0.25) is 0 Å². The number of ether oxygens (including phenoxy) is 3. The quantitative estimate of drug-likeness (QED) is 0.494. The van der Waals surface area contributed by atoms with Crippen LogP contribution in [0.15, 0.2) is 0 Å². The molecule has 2 atom stereocenters. The molecule has 0 heterocycles. The molecule has 17 heavy (non-hydrogen) atoms. The number of methoxy groups -OCH3 is 1. The third-order valence-electron chi connectivity index (χ3n) is 2.48. The first-order valence-electron chi connectivity index (χ1n) is 6.31. The Labute approximate surface area is 104 Å². The largest absolute Gasteiger partial charge is 0.394 e. The van der Waals surface area contributed by atoms with E-state index < -0.39 is 0 Å². The van der Waals surface area contributed by atoms with Crippen LogP contribution in [0.2, 0.25) is 0 Å². The fourth-order valence-corrected chi connectivity index (χ4v) is 1.50. The highest BCUT2D eigenvalue weighted by Gasteiger charge is 2.16. The van der Waals surface area contributed by atoms with E-state index in [2.05, 4.69) is 6.92 Å². The summed E-state index contributed by atoms with van der Waals surface area (Å²) in [4.78, 5) is 0. The lowest BCUT2D eigenvalue weighted by molar-refractivity contribution is -0.0326. The van der Waals surface area contributed by atoms with Crippen molar-refractivity contribution in [3.8, 4) is 0 Å². The maximum Gasteiger partial charge on any atom is 0.0957 e. The Bertz CT molecular complexity index is 157. The third-order valence-corrected chi connectivity index (χ3v) is 2.48. The first-order chi connectivity index (χ1) is 8.26. The predicted octanol–water partition coefficient (Wildman–Crippen LogP) is 0.544. The van der Waals surface area contributed by atoms with Gasteiger partial charge in [-0.3, -0.25) is 0 Å². The molecule has 0 aliphatic rings. The smallest absolute Gasteiger partial charge is 0.0957 e. The van der Waals surface area contributed by atoms with Gasteiger partial charge in [-0.15, -0.1) is 0 Å². The number of hydrogen-bond donors (Lipinski definition) is 2. The van der Waals surface area contributed by atoms with Crippen molar-refractivity contribution in [1.29, 1.82) is 0 Å². The predicted molar refractivity (Wildman–Crippen MR) is 67.0 cm³/mol. The molecule has 0 aliphatic heterocycles. The van der Waals surface area contributed by atoms with Gasteiger partial charge in [0.15, 0.2) is 0 Å². The molecule has 0 aliphatic carbocycles. The van der Waals surface area contributed by atoms with E-state index in [-0.39, 0.29) is 18.8 Å². The molecule has 0 radical (unpaired) electrons. The molecule has 0 amide bonds. The molecular formula is C12H27NO4. The number of rotatable bonds is 12. The molecule has 0 aromatic heterocycles. The zero-order chi connectivity index (χ0) is 12.9. The summed E-state index contributed by atoms with van der Waals surface area (Å²) in [6, 6.07) is -0.0986. The Kier molecular flexibility index (Phi) is 12.1. The van der Waals surface area contributed by atoms with Crippen LogP contribution in [-0.2, 0) is 14.2 Å². The van der Waals surface area contributed by atoms with Crippen LogP contribution in [0.5, 0.6) is 0 Å². The van der Waals surface area contributed by atoms with Crippen molar-refractivity contribution >= 4 is 0 Å². The zero-order valence-corrected chi connectivity index (χ0v) is 11.1. The van der Waals surface area contributed by atoms with E-state index in [4.69, 9.17) is 25.1 Å². The lowest BCUT2D eigenvalue weighted by Crippen LogP contribution is -2.39. The number of aliphatic hydroxyl groups is 1. The van der Waals surface area contributed by atoms with Crippen molar-refractivity contribution in [3.63, 3.8) is 0 Å². The summed E-state index contributed by atoms with van der Waals surface area (Å²) in [6.45, 7) is 4.40. The SMILES string of the molecule is CCCC(N)C(CO)OCCOCCCOC. The van der Waals surface area contributed by atoms with Crippen LogP contribution in [0.4, 0.5) is 0 Å². The van der Waals surface area contributed by atoms with Gasteiger partial charge in [-0.1, -0.05) is 13.3 Å². The summed E-state index contributed by atoms with van der Waals surface area (Å²) in [5.41, 5.74) is 5.88. The minimum Gasteiger partial charge on any atom is -0.394 e. The average molecular weight is 249 g/mol. The summed E-state index contributed by atoms with van der Waals surface area (Å²) in [5.74, 6) is 0. The topological polar surface area (TPSA) is 73.9 Å². The molecule has 5 nitrogen and oxygen atoms in total. The van der Waals surface area contributed by atoms with Crippen LogP contribution in [-0.4, -0.2) is 57.4 Å². The Morgan fingerprint density at radius 1 is 1.18 bits per heavy atom. The highest BCUT2D eigenvalue weighted by Crippen LogP contribution is 2.03. The van der Waals surface area contributed by atoms with Gasteiger partial charge in [0, 0.05) is 26.4 Å². The van der Waals surface area contributed by atoms with Crippen LogP contribution in [0.25, 0.3) is 0 Å². The number of hydrogen-bond acceptors (Lipinski definition) is 5. The molecule has 0 rings (SSSR count). The summed E-state index contributed by atoms with van der Waals surface area (Å²) in [7, 11) is 1.67. The van der Waals surface area contributed by atoms with Crippen LogP contribution >= 0.6 is 0 Å². The van der Waals surface area contributed by atoms with Gasteiger partial charge >= 0.3 is 0 Å². The Balaban J connectivity index is 3.43. The fourth-order valence-electron chi connectivity index (χ4n) is 1.50. The monoisotopic (exact) mass is 249 g/mol. The maximum atomic E-state index is 9.13. The number of aliphatic hydroxyl groups excluding tert-OH is 1. The van der Waals surface area contributed by atoms with Gasteiger partial charge in [-0.05, 0) is 12.8 Å². The van der Waals surface area contributed by atoms with Gasteiger partial charge in [0.05, 0.1) is 25.9 Å². The minimum absolute atomic E-state index is 0.0369. The molecule has 3 N–H and O–H groups in total. The Morgan fingerprint density at radius 3 is 2.53 bits per heavy atom. The van der Waals surface area contributed by atoms with E-state index in [1.54, 1.807) is 7.11 Å². The maximum absolute atomic E-state index is 9.13. The molecule has 0 bridgehead atoms. The second kappa shape index (κ2) is 12.3. The Morgan fingerprint density at radius 2 is 1.94 bits per heavy atom. The van der Waals surface area contributed by atoms with Crippen molar-refractivity contribution in [3.05, 3.63) is 0 Å². The number of nitrogens with two attached hydrogens (primary N) is 1. The minimum atomic E-state index is -0.280. The second-order valence-corrected chi connectivity index (χ2v) is 4.00. The molecule has 2 unspecified atom stereocenters. The van der Waals surface area contributed by atoms with E-state index in [0.29, 0.717) is 26.4 Å².